The molecule has 0 spiro atoms. The Morgan fingerprint density at radius 3 is 2.50 bits per heavy atom. The van der Waals surface area contributed by atoms with Crippen LogP contribution in [0.25, 0.3) is 0 Å². The number of hydrogen-bond acceptors (Lipinski definition) is 2. The van der Waals surface area contributed by atoms with Gasteiger partial charge in [0.05, 0.1) is 11.1 Å². The van der Waals surface area contributed by atoms with E-state index < -0.39 is 0 Å². The molecule has 0 aliphatic rings. The van der Waals surface area contributed by atoms with Gasteiger partial charge in [0.15, 0.2) is 0 Å². The minimum atomic E-state index is 0.0333. The van der Waals surface area contributed by atoms with Crippen molar-refractivity contribution in [1.29, 1.82) is 0 Å². The van der Waals surface area contributed by atoms with Gasteiger partial charge in [-0.1, -0.05) is 17.7 Å². The highest BCUT2D eigenvalue weighted by atomic mass is 79.9. The van der Waals surface area contributed by atoms with E-state index in [1.807, 2.05) is 39.1 Å². The summed E-state index contributed by atoms with van der Waals surface area (Å²) in [6.07, 6.45) is 0. The fraction of sp³-hybridized carbons (Fsp3) is 0.286. The van der Waals surface area contributed by atoms with E-state index in [1.165, 1.54) is 5.56 Å². The summed E-state index contributed by atoms with van der Waals surface area (Å²) in [6.45, 7) is 4.02. The number of furan rings is 1. The smallest absolute Gasteiger partial charge is 0.125 e. The van der Waals surface area contributed by atoms with Gasteiger partial charge in [-0.25, -0.2) is 0 Å². The number of rotatable bonds is 3. The predicted octanol–water partition coefficient (Wildman–Crippen LogP) is 4.62. The number of hydrogen-bond donors (Lipinski definition) is 1. The first kappa shape index (κ1) is 13.7. The molecule has 0 aliphatic carbocycles. The lowest BCUT2D eigenvalue weighted by atomic mass is 10.0. The standard InChI is InChI=1S/C14H15BrClNO/c1-8-6-13(18-9(8)2)14(17-3)10-4-5-12(16)11(15)7-10/h4-7,14,17H,1-3H3. The average molecular weight is 329 g/mol. The molecule has 1 atom stereocenters. The van der Waals surface area contributed by atoms with Crippen LogP contribution in [-0.4, -0.2) is 7.05 Å². The maximum atomic E-state index is 6.01. The number of halogens is 2. The highest BCUT2D eigenvalue weighted by Gasteiger charge is 2.17. The van der Waals surface area contributed by atoms with E-state index >= 15 is 0 Å². The molecule has 2 rings (SSSR count). The van der Waals surface area contributed by atoms with E-state index in [9.17, 15) is 0 Å². The van der Waals surface area contributed by atoms with Crippen LogP contribution in [0.15, 0.2) is 33.2 Å². The van der Waals surface area contributed by atoms with Crippen molar-refractivity contribution in [3.8, 4) is 0 Å². The monoisotopic (exact) mass is 327 g/mol. The molecule has 4 heteroatoms. The van der Waals surface area contributed by atoms with Crippen molar-refractivity contribution in [2.45, 2.75) is 19.9 Å². The second kappa shape index (κ2) is 5.47. The summed E-state index contributed by atoms with van der Waals surface area (Å²) < 4.78 is 6.67. The Morgan fingerprint density at radius 1 is 1.28 bits per heavy atom. The van der Waals surface area contributed by atoms with Gasteiger partial charge in [0, 0.05) is 4.47 Å². The Morgan fingerprint density at radius 2 is 2.00 bits per heavy atom. The predicted molar refractivity (Wildman–Crippen MR) is 78.2 cm³/mol. The molecule has 0 radical (unpaired) electrons. The summed E-state index contributed by atoms with van der Waals surface area (Å²) in [4.78, 5) is 0. The van der Waals surface area contributed by atoms with Gasteiger partial charge in [0.25, 0.3) is 0 Å². The van der Waals surface area contributed by atoms with Crippen LogP contribution in [0.2, 0.25) is 5.02 Å². The van der Waals surface area contributed by atoms with Crippen LogP contribution < -0.4 is 5.32 Å². The molecule has 18 heavy (non-hydrogen) atoms. The Hall–Kier alpha value is -0.770. The summed E-state index contributed by atoms with van der Waals surface area (Å²) >= 11 is 9.46. The zero-order chi connectivity index (χ0) is 13.3. The lowest BCUT2D eigenvalue weighted by molar-refractivity contribution is 0.443. The molecule has 0 bridgehead atoms. The number of benzene rings is 1. The largest absolute Gasteiger partial charge is 0.464 e. The van der Waals surface area contributed by atoms with Crippen LogP contribution in [0.3, 0.4) is 0 Å². The topological polar surface area (TPSA) is 25.2 Å². The van der Waals surface area contributed by atoms with Crippen molar-refractivity contribution < 1.29 is 4.42 Å². The normalized spacial score (nSPS) is 12.7. The summed E-state index contributed by atoms with van der Waals surface area (Å²) in [7, 11) is 1.92. The van der Waals surface area contributed by atoms with Gasteiger partial charge < -0.3 is 9.73 Å². The molecule has 1 unspecified atom stereocenters. The molecule has 0 amide bonds. The summed E-state index contributed by atoms with van der Waals surface area (Å²) in [5, 5.41) is 3.97. The van der Waals surface area contributed by atoms with Crippen LogP contribution in [0.5, 0.6) is 0 Å². The first-order valence-corrected chi connectivity index (χ1v) is 6.89. The van der Waals surface area contributed by atoms with Crippen molar-refractivity contribution in [3.63, 3.8) is 0 Å². The van der Waals surface area contributed by atoms with E-state index in [-0.39, 0.29) is 6.04 Å². The molecule has 1 heterocycles. The molecule has 0 fully saturated rings. The lowest BCUT2D eigenvalue weighted by Crippen LogP contribution is -2.17. The molecule has 1 N–H and O–H groups in total. The minimum Gasteiger partial charge on any atom is -0.464 e. The zero-order valence-corrected chi connectivity index (χ0v) is 12.9. The fourth-order valence-corrected chi connectivity index (χ4v) is 2.42. The van der Waals surface area contributed by atoms with Crippen molar-refractivity contribution in [2.24, 2.45) is 0 Å². The van der Waals surface area contributed by atoms with Gasteiger partial charge >= 0.3 is 0 Å². The van der Waals surface area contributed by atoms with E-state index in [0.29, 0.717) is 5.02 Å². The van der Waals surface area contributed by atoms with Crippen molar-refractivity contribution >= 4 is 27.5 Å². The quantitative estimate of drug-likeness (QED) is 0.889. The molecule has 0 saturated carbocycles. The van der Waals surface area contributed by atoms with Gasteiger partial charge in [0.2, 0.25) is 0 Å². The highest BCUT2D eigenvalue weighted by molar-refractivity contribution is 9.10. The Labute approximate surface area is 120 Å². The first-order chi connectivity index (χ1) is 8.52. The van der Waals surface area contributed by atoms with E-state index in [4.69, 9.17) is 16.0 Å². The number of aryl methyl sites for hydroxylation is 2. The van der Waals surface area contributed by atoms with Crippen LogP contribution >= 0.6 is 27.5 Å². The summed E-state index contributed by atoms with van der Waals surface area (Å²) in [5.41, 5.74) is 2.28. The van der Waals surface area contributed by atoms with Crippen molar-refractivity contribution in [1.82, 2.24) is 5.32 Å². The first-order valence-electron chi connectivity index (χ1n) is 5.72. The van der Waals surface area contributed by atoms with Gasteiger partial charge in [-0.3, -0.25) is 0 Å². The Balaban J connectivity index is 2.41. The molecule has 1 aromatic carbocycles. The zero-order valence-electron chi connectivity index (χ0n) is 10.6. The van der Waals surface area contributed by atoms with Crippen molar-refractivity contribution in [2.75, 3.05) is 7.05 Å². The third-order valence-corrected chi connectivity index (χ3v) is 4.25. The van der Waals surface area contributed by atoms with Crippen molar-refractivity contribution in [3.05, 3.63) is 56.4 Å². The van der Waals surface area contributed by atoms with Crippen LogP contribution in [0, 0.1) is 13.8 Å². The molecular formula is C14H15BrClNO. The Bertz CT molecular complexity index is 545. The third kappa shape index (κ3) is 2.63. The molecule has 0 saturated heterocycles. The molecular weight excluding hydrogens is 314 g/mol. The van der Waals surface area contributed by atoms with E-state index in [1.54, 1.807) is 0 Å². The average Bonchev–Trinajstić information content (AvgIpc) is 2.65. The van der Waals surface area contributed by atoms with Crippen LogP contribution in [-0.2, 0) is 0 Å². The van der Waals surface area contributed by atoms with E-state index in [2.05, 4.69) is 27.3 Å². The second-order valence-electron chi connectivity index (χ2n) is 4.28. The van der Waals surface area contributed by atoms with Gasteiger partial charge in [-0.15, -0.1) is 0 Å². The summed E-state index contributed by atoms with van der Waals surface area (Å²) in [5.74, 6) is 1.88. The molecule has 0 aliphatic heterocycles. The second-order valence-corrected chi connectivity index (χ2v) is 5.54. The molecule has 96 valence electrons. The number of nitrogens with one attached hydrogen (secondary N) is 1. The third-order valence-electron chi connectivity index (χ3n) is 3.04. The maximum absolute atomic E-state index is 6.01. The minimum absolute atomic E-state index is 0.0333. The Kier molecular flexibility index (Phi) is 4.15. The fourth-order valence-electron chi connectivity index (χ4n) is 1.91. The molecule has 2 nitrogen and oxygen atoms in total. The van der Waals surface area contributed by atoms with Gasteiger partial charge in [0.1, 0.15) is 11.5 Å². The highest BCUT2D eigenvalue weighted by Crippen LogP contribution is 2.30. The SMILES string of the molecule is CNC(c1ccc(Cl)c(Br)c1)c1cc(C)c(C)o1. The maximum Gasteiger partial charge on any atom is 0.125 e. The van der Waals surface area contributed by atoms with Crippen LogP contribution in [0.1, 0.15) is 28.7 Å². The molecule has 2 aromatic rings. The molecule has 1 aromatic heterocycles. The lowest BCUT2D eigenvalue weighted by Gasteiger charge is -2.14. The summed E-state index contributed by atoms with van der Waals surface area (Å²) in [6, 6.07) is 8.00. The van der Waals surface area contributed by atoms with Gasteiger partial charge in [-0.05, 0) is 66.2 Å². The van der Waals surface area contributed by atoms with Crippen LogP contribution in [0.4, 0.5) is 0 Å². The van der Waals surface area contributed by atoms with E-state index in [0.717, 1.165) is 21.6 Å². The van der Waals surface area contributed by atoms with Gasteiger partial charge in [-0.2, -0.15) is 0 Å².